The molecule has 0 fully saturated rings. The molecular weight excluding hydrogens is 362 g/mol. The van der Waals surface area contributed by atoms with Gasteiger partial charge in [0.15, 0.2) is 12.6 Å². The molecule has 2 atom stereocenters. The topological polar surface area (TPSA) is 96.0 Å². The first-order valence-electron chi connectivity index (χ1n) is 4.64. The lowest BCUT2D eigenvalue weighted by atomic mass is 10.7. The van der Waals surface area contributed by atoms with E-state index in [0.717, 1.165) is 0 Å². The van der Waals surface area contributed by atoms with Gasteiger partial charge in [0.2, 0.25) is 0 Å². The Morgan fingerprint density at radius 2 is 0.952 bits per heavy atom. The Morgan fingerprint density at radius 3 is 1.14 bits per heavy atom. The first kappa shape index (κ1) is 20.4. The fraction of sp³-hybridized carbons (Fsp3) is 1.00. The van der Waals surface area contributed by atoms with Crippen molar-refractivity contribution in [1.29, 1.82) is 0 Å². The molecule has 21 heavy (non-hydrogen) atoms. The second-order valence-corrected chi connectivity index (χ2v) is 6.39. The summed E-state index contributed by atoms with van der Waals surface area (Å²) >= 11 is 0. The van der Waals surface area contributed by atoms with Gasteiger partial charge in [-0.2, -0.15) is 43.2 Å². The normalized spacial score (nSPS) is 17.5. The van der Waals surface area contributed by atoms with Crippen LogP contribution in [0, 0.1) is 0 Å². The monoisotopic (exact) mass is 370 g/mol. The van der Waals surface area contributed by atoms with Gasteiger partial charge in [-0.15, -0.1) is 0 Å². The summed E-state index contributed by atoms with van der Waals surface area (Å²) in [5.41, 5.74) is -11.6. The van der Waals surface area contributed by atoms with Crippen LogP contribution in [0.2, 0.25) is 0 Å². The molecule has 0 saturated heterocycles. The van der Waals surface area contributed by atoms with Crippen LogP contribution in [0.15, 0.2) is 0 Å². The summed E-state index contributed by atoms with van der Waals surface area (Å²) in [6.45, 7) is 1.15. The van der Waals surface area contributed by atoms with Crippen molar-refractivity contribution >= 4 is 20.2 Å². The van der Waals surface area contributed by atoms with Crippen LogP contribution >= 0.6 is 0 Å². The molecule has 0 spiro atoms. The lowest BCUT2D eigenvalue weighted by Gasteiger charge is -2.20. The van der Waals surface area contributed by atoms with Gasteiger partial charge in [0.25, 0.3) is 0 Å². The number of hydrogen-bond donors (Lipinski definition) is 0. The van der Waals surface area contributed by atoms with E-state index in [1.165, 1.54) is 0 Å². The minimum absolute atomic E-state index is 0.573. The Balaban J connectivity index is 4.73. The number of halogens is 6. The van der Waals surface area contributed by atoms with E-state index in [9.17, 15) is 43.2 Å². The van der Waals surface area contributed by atoms with Crippen molar-refractivity contribution in [2.24, 2.45) is 0 Å². The van der Waals surface area contributed by atoms with Crippen molar-refractivity contribution < 1.29 is 56.3 Å². The minimum Gasteiger partial charge on any atom is -0.322 e. The molecule has 0 rings (SSSR count). The number of hydrogen-bond acceptors (Lipinski definition) is 7. The molecule has 0 saturated carbocycles. The predicted octanol–water partition coefficient (Wildman–Crippen LogP) is 1.43. The summed E-state index contributed by atoms with van der Waals surface area (Å²) in [6.07, 6.45) is -4.51. The minimum atomic E-state index is -6.07. The zero-order chi connectivity index (χ0) is 17.3. The SMILES string of the molecule is CC(OC(C)OS(=O)(=O)C(F)(F)F)OS(=O)(=O)C(F)(F)F. The van der Waals surface area contributed by atoms with E-state index in [2.05, 4.69) is 13.1 Å². The van der Waals surface area contributed by atoms with Gasteiger partial charge < -0.3 is 4.74 Å². The molecular formula is C6H8F6O7S2. The summed E-state index contributed by atoms with van der Waals surface area (Å²) < 4.78 is 125. The van der Waals surface area contributed by atoms with E-state index in [0.29, 0.717) is 13.8 Å². The molecule has 0 amide bonds. The molecule has 15 heteroatoms. The smallest absolute Gasteiger partial charge is 0.322 e. The summed E-state index contributed by atoms with van der Waals surface area (Å²) in [5, 5.41) is 0. The maximum Gasteiger partial charge on any atom is 0.523 e. The quantitative estimate of drug-likeness (QED) is 0.302. The van der Waals surface area contributed by atoms with Gasteiger partial charge in [-0.25, -0.2) is 8.37 Å². The highest BCUT2D eigenvalue weighted by Gasteiger charge is 2.50. The van der Waals surface area contributed by atoms with Crippen LogP contribution in [0.25, 0.3) is 0 Å². The maximum atomic E-state index is 11.9. The van der Waals surface area contributed by atoms with Crippen LogP contribution in [0.3, 0.4) is 0 Å². The van der Waals surface area contributed by atoms with Crippen LogP contribution in [0.4, 0.5) is 26.3 Å². The molecule has 0 radical (unpaired) electrons. The number of rotatable bonds is 6. The molecule has 0 aliphatic heterocycles. The first-order valence-corrected chi connectivity index (χ1v) is 7.46. The lowest BCUT2D eigenvalue weighted by Crippen LogP contribution is -2.34. The Bertz CT molecular complexity index is 497. The molecule has 0 bridgehead atoms. The lowest BCUT2D eigenvalue weighted by molar-refractivity contribution is -0.176. The van der Waals surface area contributed by atoms with Crippen molar-refractivity contribution in [3.63, 3.8) is 0 Å². The van der Waals surface area contributed by atoms with E-state index in [1.807, 2.05) is 0 Å². The second-order valence-electron chi connectivity index (χ2n) is 3.26. The largest absolute Gasteiger partial charge is 0.523 e. The molecule has 0 aliphatic carbocycles. The molecule has 0 aliphatic rings. The van der Waals surface area contributed by atoms with Crippen LogP contribution in [-0.2, 0) is 33.3 Å². The Morgan fingerprint density at radius 1 is 0.714 bits per heavy atom. The third-order valence-electron chi connectivity index (χ3n) is 1.47. The average molecular weight is 370 g/mol. The fourth-order valence-electron chi connectivity index (χ4n) is 0.781. The van der Waals surface area contributed by atoms with E-state index in [4.69, 9.17) is 0 Å². The molecule has 0 heterocycles. The van der Waals surface area contributed by atoms with Gasteiger partial charge in [-0.1, -0.05) is 0 Å². The first-order chi connectivity index (χ1) is 8.99. The Labute approximate surface area is 115 Å². The highest BCUT2D eigenvalue weighted by atomic mass is 32.2. The van der Waals surface area contributed by atoms with E-state index >= 15 is 0 Å². The van der Waals surface area contributed by atoms with Gasteiger partial charge in [-0.3, -0.25) is 0 Å². The van der Waals surface area contributed by atoms with Crippen molar-refractivity contribution in [1.82, 2.24) is 0 Å². The van der Waals surface area contributed by atoms with Crippen LogP contribution < -0.4 is 0 Å². The average Bonchev–Trinajstić information content (AvgIpc) is 2.10. The summed E-state index contributed by atoms with van der Waals surface area (Å²) in [7, 11) is -12.1. The van der Waals surface area contributed by atoms with Crippen LogP contribution in [0.1, 0.15) is 13.8 Å². The molecule has 0 aromatic heterocycles. The van der Waals surface area contributed by atoms with Crippen molar-refractivity contribution in [3.05, 3.63) is 0 Å². The van der Waals surface area contributed by atoms with Crippen molar-refractivity contribution in [2.45, 2.75) is 37.4 Å². The van der Waals surface area contributed by atoms with Crippen molar-refractivity contribution in [3.8, 4) is 0 Å². The second kappa shape index (κ2) is 6.23. The molecule has 128 valence electrons. The maximum absolute atomic E-state index is 11.9. The van der Waals surface area contributed by atoms with Crippen LogP contribution in [-0.4, -0.2) is 40.4 Å². The Hall–Kier alpha value is -0.640. The zero-order valence-corrected chi connectivity index (χ0v) is 11.7. The molecule has 2 unspecified atom stereocenters. The molecule has 0 aromatic rings. The molecule has 0 aromatic carbocycles. The highest BCUT2D eigenvalue weighted by molar-refractivity contribution is 7.87. The Kier molecular flexibility index (Phi) is 6.04. The van der Waals surface area contributed by atoms with Gasteiger partial charge >= 0.3 is 31.3 Å². The van der Waals surface area contributed by atoms with Gasteiger partial charge in [0, 0.05) is 0 Å². The van der Waals surface area contributed by atoms with E-state index < -0.39 is 43.8 Å². The number of alkyl halides is 6. The van der Waals surface area contributed by atoms with Gasteiger partial charge in [0.1, 0.15) is 0 Å². The van der Waals surface area contributed by atoms with E-state index in [1.54, 1.807) is 0 Å². The standard InChI is InChI=1S/C6H8F6O7S2/c1-3(18-20(13,14)5(7,8)9)17-4(2)19-21(15,16)6(10,11)12/h3-4H,1-2H3. The molecule has 7 nitrogen and oxygen atoms in total. The number of ether oxygens (including phenoxy) is 1. The summed E-state index contributed by atoms with van der Waals surface area (Å²) in [6, 6.07) is 0. The van der Waals surface area contributed by atoms with Gasteiger partial charge in [-0.05, 0) is 13.8 Å². The highest BCUT2D eigenvalue weighted by Crippen LogP contribution is 2.28. The zero-order valence-electron chi connectivity index (χ0n) is 10.1. The molecule has 0 N–H and O–H groups in total. The van der Waals surface area contributed by atoms with E-state index in [-0.39, 0.29) is 0 Å². The van der Waals surface area contributed by atoms with Gasteiger partial charge in [0.05, 0.1) is 0 Å². The third-order valence-corrected chi connectivity index (χ3v) is 3.66. The summed E-state index contributed by atoms with van der Waals surface area (Å²) in [4.78, 5) is 0. The fourth-order valence-corrected chi connectivity index (χ4v) is 1.80. The summed E-state index contributed by atoms with van der Waals surface area (Å²) in [5.74, 6) is 0. The predicted molar refractivity (Wildman–Crippen MR) is 52.1 cm³/mol. The third kappa shape index (κ3) is 5.93. The van der Waals surface area contributed by atoms with Crippen LogP contribution in [0.5, 0.6) is 0 Å². The van der Waals surface area contributed by atoms with Crippen molar-refractivity contribution in [2.75, 3.05) is 0 Å².